The molecule has 1 amide bonds. The first-order valence-electron chi connectivity index (χ1n) is 7.74. The fourth-order valence-electron chi connectivity index (χ4n) is 2.48. The van der Waals surface area contributed by atoms with E-state index < -0.39 is 11.9 Å². The van der Waals surface area contributed by atoms with Gasteiger partial charge < -0.3 is 10.4 Å². The SMILES string of the molecule is Cc1cc(Br)ccc1CC(=O)NCC(Cc1ccccc1)C(=O)O. The predicted octanol–water partition coefficient (Wildman–Crippen LogP) is 3.36. The minimum absolute atomic E-state index is 0.124. The zero-order valence-corrected chi connectivity index (χ0v) is 15.0. The van der Waals surface area contributed by atoms with E-state index in [1.54, 1.807) is 0 Å². The van der Waals surface area contributed by atoms with E-state index in [1.807, 2.05) is 55.5 Å². The normalized spacial score (nSPS) is 11.8. The average Bonchev–Trinajstić information content (AvgIpc) is 2.55. The third-order valence-electron chi connectivity index (χ3n) is 3.88. The van der Waals surface area contributed by atoms with Gasteiger partial charge in [-0.25, -0.2) is 0 Å². The van der Waals surface area contributed by atoms with E-state index in [1.165, 1.54) is 0 Å². The van der Waals surface area contributed by atoms with E-state index in [4.69, 9.17) is 0 Å². The molecular formula is C19H20BrNO3. The van der Waals surface area contributed by atoms with E-state index >= 15 is 0 Å². The fraction of sp³-hybridized carbons (Fsp3) is 0.263. The van der Waals surface area contributed by atoms with Crippen LogP contribution in [-0.2, 0) is 22.4 Å². The summed E-state index contributed by atoms with van der Waals surface area (Å²) in [4.78, 5) is 23.5. The van der Waals surface area contributed by atoms with Gasteiger partial charge in [-0.05, 0) is 42.2 Å². The fourth-order valence-corrected chi connectivity index (χ4v) is 2.95. The monoisotopic (exact) mass is 389 g/mol. The molecule has 0 fully saturated rings. The number of carboxylic acid groups (broad SMARTS) is 1. The van der Waals surface area contributed by atoms with Crippen LogP contribution in [0.2, 0.25) is 0 Å². The Morgan fingerprint density at radius 3 is 2.50 bits per heavy atom. The molecule has 0 aliphatic heterocycles. The van der Waals surface area contributed by atoms with Gasteiger partial charge >= 0.3 is 5.97 Å². The number of carbonyl (C=O) groups is 2. The lowest BCUT2D eigenvalue weighted by molar-refractivity contribution is -0.141. The van der Waals surface area contributed by atoms with Gasteiger partial charge in [-0.2, -0.15) is 0 Å². The van der Waals surface area contributed by atoms with E-state index in [9.17, 15) is 14.7 Å². The second-order valence-corrected chi connectivity index (χ2v) is 6.69. The quantitative estimate of drug-likeness (QED) is 0.762. The van der Waals surface area contributed by atoms with Gasteiger partial charge in [-0.3, -0.25) is 9.59 Å². The van der Waals surface area contributed by atoms with E-state index in [2.05, 4.69) is 21.2 Å². The number of rotatable bonds is 7. The summed E-state index contributed by atoms with van der Waals surface area (Å²) < 4.78 is 0.970. The summed E-state index contributed by atoms with van der Waals surface area (Å²) in [6.45, 7) is 2.07. The van der Waals surface area contributed by atoms with E-state index in [-0.39, 0.29) is 18.9 Å². The summed E-state index contributed by atoms with van der Waals surface area (Å²) in [6, 6.07) is 15.2. The summed E-state index contributed by atoms with van der Waals surface area (Å²) in [6.07, 6.45) is 0.643. The highest BCUT2D eigenvalue weighted by Gasteiger charge is 2.19. The molecule has 0 saturated carbocycles. The van der Waals surface area contributed by atoms with Crippen LogP contribution in [-0.4, -0.2) is 23.5 Å². The zero-order chi connectivity index (χ0) is 17.5. The zero-order valence-electron chi connectivity index (χ0n) is 13.5. The summed E-state index contributed by atoms with van der Waals surface area (Å²) in [5.41, 5.74) is 2.91. The molecule has 4 nitrogen and oxygen atoms in total. The standard InChI is InChI=1S/C19H20BrNO3/c1-13-9-17(20)8-7-15(13)11-18(22)21-12-16(19(23)24)10-14-5-3-2-4-6-14/h2-9,16H,10-12H2,1H3,(H,21,22)(H,23,24). The van der Waals surface area contributed by atoms with Crippen LogP contribution in [0.25, 0.3) is 0 Å². The van der Waals surface area contributed by atoms with Gasteiger partial charge in [0.15, 0.2) is 0 Å². The average molecular weight is 390 g/mol. The highest BCUT2D eigenvalue weighted by molar-refractivity contribution is 9.10. The van der Waals surface area contributed by atoms with Gasteiger partial charge in [0.2, 0.25) is 5.91 Å². The molecule has 126 valence electrons. The molecule has 0 aliphatic rings. The Balaban J connectivity index is 1.91. The Morgan fingerprint density at radius 2 is 1.88 bits per heavy atom. The maximum Gasteiger partial charge on any atom is 0.308 e. The Bertz CT molecular complexity index is 716. The minimum Gasteiger partial charge on any atom is -0.481 e. The molecule has 2 aromatic rings. The van der Waals surface area contributed by atoms with Crippen LogP contribution >= 0.6 is 15.9 Å². The van der Waals surface area contributed by atoms with Crippen molar-refractivity contribution in [2.24, 2.45) is 5.92 Å². The number of carbonyl (C=O) groups excluding carboxylic acids is 1. The molecule has 0 aromatic heterocycles. The van der Waals surface area contributed by atoms with Gasteiger partial charge in [0.1, 0.15) is 0 Å². The second kappa shape index (κ2) is 8.64. The minimum atomic E-state index is -0.904. The smallest absolute Gasteiger partial charge is 0.308 e. The molecule has 1 atom stereocenters. The predicted molar refractivity (Wildman–Crippen MR) is 96.9 cm³/mol. The molecule has 0 radical (unpaired) electrons. The molecule has 2 aromatic carbocycles. The molecular weight excluding hydrogens is 370 g/mol. The first-order valence-corrected chi connectivity index (χ1v) is 8.53. The number of hydrogen-bond donors (Lipinski definition) is 2. The number of aryl methyl sites for hydroxylation is 1. The van der Waals surface area contributed by atoms with Crippen molar-refractivity contribution in [2.45, 2.75) is 19.8 Å². The van der Waals surface area contributed by atoms with E-state index in [0.29, 0.717) is 6.42 Å². The lowest BCUT2D eigenvalue weighted by atomic mass is 9.99. The lowest BCUT2D eigenvalue weighted by Crippen LogP contribution is -2.35. The number of halogens is 1. The lowest BCUT2D eigenvalue weighted by Gasteiger charge is -2.14. The highest BCUT2D eigenvalue weighted by atomic mass is 79.9. The van der Waals surface area contributed by atoms with Crippen LogP contribution in [0.3, 0.4) is 0 Å². The Hall–Kier alpha value is -2.14. The molecule has 0 spiro atoms. The molecule has 0 heterocycles. The number of hydrogen-bond acceptors (Lipinski definition) is 2. The molecule has 5 heteroatoms. The molecule has 0 saturated heterocycles. The summed E-state index contributed by atoms with van der Waals surface area (Å²) in [7, 11) is 0. The molecule has 0 bridgehead atoms. The van der Waals surface area contributed by atoms with Crippen molar-refractivity contribution in [3.8, 4) is 0 Å². The molecule has 1 unspecified atom stereocenters. The van der Waals surface area contributed by atoms with Crippen molar-refractivity contribution in [1.29, 1.82) is 0 Å². The summed E-state index contributed by atoms with van der Waals surface area (Å²) in [5, 5.41) is 12.1. The number of amides is 1. The van der Waals surface area contributed by atoms with Crippen molar-refractivity contribution in [2.75, 3.05) is 6.54 Å². The van der Waals surface area contributed by atoms with Gasteiger partial charge in [0.25, 0.3) is 0 Å². The third-order valence-corrected chi connectivity index (χ3v) is 4.37. The van der Waals surface area contributed by atoms with Gasteiger partial charge in [-0.15, -0.1) is 0 Å². The van der Waals surface area contributed by atoms with Crippen molar-refractivity contribution < 1.29 is 14.7 Å². The van der Waals surface area contributed by atoms with Gasteiger partial charge in [0.05, 0.1) is 12.3 Å². The largest absolute Gasteiger partial charge is 0.481 e. The van der Waals surface area contributed by atoms with Gasteiger partial charge in [0, 0.05) is 11.0 Å². The molecule has 0 aliphatic carbocycles. The topological polar surface area (TPSA) is 66.4 Å². The van der Waals surface area contributed by atoms with Crippen molar-refractivity contribution >= 4 is 27.8 Å². The Kier molecular flexibility index (Phi) is 6.55. The number of benzene rings is 2. The maximum atomic E-state index is 12.1. The highest BCUT2D eigenvalue weighted by Crippen LogP contribution is 2.16. The number of nitrogens with one attached hydrogen (secondary N) is 1. The first kappa shape index (κ1) is 18.2. The first-order chi connectivity index (χ1) is 11.5. The molecule has 24 heavy (non-hydrogen) atoms. The van der Waals surface area contributed by atoms with Crippen molar-refractivity contribution in [3.05, 3.63) is 69.7 Å². The third kappa shape index (κ3) is 5.49. The van der Waals surface area contributed by atoms with Crippen molar-refractivity contribution in [1.82, 2.24) is 5.32 Å². The van der Waals surface area contributed by atoms with E-state index in [0.717, 1.165) is 21.2 Å². The van der Waals surface area contributed by atoms with Crippen LogP contribution in [0.4, 0.5) is 0 Å². The molecule has 2 N–H and O–H groups in total. The Morgan fingerprint density at radius 1 is 1.17 bits per heavy atom. The second-order valence-electron chi connectivity index (χ2n) is 5.78. The number of carboxylic acids is 1. The van der Waals surface area contributed by atoms with Gasteiger partial charge in [-0.1, -0.05) is 52.3 Å². The summed E-state index contributed by atoms with van der Waals surface area (Å²) >= 11 is 3.39. The van der Waals surface area contributed by atoms with Crippen LogP contribution < -0.4 is 5.32 Å². The van der Waals surface area contributed by atoms with Crippen LogP contribution in [0, 0.1) is 12.8 Å². The maximum absolute atomic E-state index is 12.1. The Labute approximate surface area is 150 Å². The van der Waals surface area contributed by atoms with Crippen LogP contribution in [0.15, 0.2) is 53.0 Å². The summed E-state index contributed by atoms with van der Waals surface area (Å²) in [5.74, 6) is -1.71. The van der Waals surface area contributed by atoms with Crippen LogP contribution in [0.1, 0.15) is 16.7 Å². The van der Waals surface area contributed by atoms with Crippen molar-refractivity contribution in [3.63, 3.8) is 0 Å². The molecule has 2 rings (SSSR count). The van der Waals surface area contributed by atoms with Crippen LogP contribution in [0.5, 0.6) is 0 Å². The number of aliphatic carboxylic acids is 1.